The van der Waals surface area contributed by atoms with Crippen molar-refractivity contribution in [1.29, 1.82) is 5.26 Å². The fraction of sp³-hybridized carbons (Fsp3) is 0.611. The van der Waals surface area contributed by atoms with E-state index >= 15 is 0 Å². The van der Waals surface area contributed by atoms with Crippen LogP contribution in [0.1, 0.15) is 56.6 Å². The van der Waals surface area contributed by atoms with Crippen molar-refractivity contribution in [2.75, 3.05) is 0 Å². The Bertz CT molecular complexity index is 547. The molecule has 0 saturated heterocycles. The zero-order valence-corrected chi connectivity index (χ0v) is 12.2. The lowest BCUT2D eigenvalue weighted by Crippen LogP contribution is -2.52. The Hall–Kier alpha value is -1.33. The van der Waals surface area contributed by atoms with Crippen LogP contribution in [-0.2, 0) is 11.8 Å². The van der Waals surface area contributed by atoms with Crippen molar-refractivity contribution in [3.05, 3.63) is 35.4 Å². The molecule has 0 amide bonds. The van der Waals surface area contributed by atoms with E-state index in [2.05, 4.69) is 25.1 Å². The summed E-state index contributed by atoms with van der Waals surface area (Å²) in [6, 6.07) is 10.7. The Morgan fingerprint density at radius 2 is 2.15 bits per heavy atom. The molecule has 2 nitrogen and oxygen atoms in total. The summed E-state index contributed by atoms with van der Waals surface area (Å²) in [4.78, 5) is 0. The van der Waals surface area contributed by atoms with E-state index in [1.54, 1.807) is 0 Å². The fourth-order valence-electron chi connectivity index (χ4n) is 4.42. The summed E-state index contributed by atoms with van der Waals surface area (Å²) in [6.45, 7) is 2.19. The minimum Gasteiger partial charge on any atom is -0.388 e. The van der Waals surface area contributed by atoms with Gasteiger partial charge in [0.1, 0.15) is 5.41 Å². The molecule has 2 heteroatoms. The number of benzene rings is 1. The third-order valence-corrected chi connectivity index (χ3v) is 5.64. The van der Waals surface area contributed by atoms with E-state index in [-0.39, 0.29) is 0 Å². The zero-order valence-electron chi connectivity index (χ0n) is 12.2. The van der Waals surface area contributed by atoms with Gasteiger partial charge in [-0.2, -0.15) is 5.26 Å². The number of fused-ring (bicyclic) bond motifs is 1. The highest BCUT2D eigenvalue weighted by Crippen LogP contribution is 2.52. The quantitative estimate of drug-likeness (QED) is 0.889. The van der Waals surface area contributed by atoms with E-state index in [4.69, 9.17) is 0 Å². The van der Waals surface area contributed by atoms with Crippen LogP contribution >= 0.6 is 0 Å². The van der Waals surface area contributed by atoms with Crippen molar-refractivity contribution in [2.24, 2.45) is 5.92 Å². The van der Waals surface area contributed by atoms with Crippen LogP contribution in [0.2, 0.25) is 0 Å². The SMILES string of the molecule is CCC1CCCC(O)(C2(C#N)CCc3ccccc32)C1. The van der Waals surface area contributed by atoms with Gasteiger partial charge in [-0.1, -0.05) is 50.5 Å². The second-order valence-corrected chi connectivity index (χ2v) is 6.58. The molecule has 3 atom stereocenters. The highest BCUT2D eigenvalue weighted by Gasteiger charge is 2.56. The fourth-order valence-corrected chi connectivity index (χ4v) is 4.42. The molecule has 1 aromatic carbocycles. The monoisotopic (exact) mass is 269 g/mol. The van der Waals surface area contributed by atoms with Crippen LogP contribution < -0.4 is 0 Å². The predicted molar refractivity (Wildman–Crippen MR) is 79.3 cm³/mol. The Morgan fingerprint density at radius 3 is 2.90 bits per heavy atom. The van der Waals surface area contributed by atoms with Gasteiger partial charge >= 0.3 is 0 Å². The number of rotatable bonds is 2. The minimum atomic E-state index is -0.840. The Morgan fingerprint density at radius 1 is 1.35 bits per heavy atom. The van der Waals surface area contributed by atoms with Crippen molar-refractivity contribution in [3.8, 4) is 6.07 Å². The van der Waals surface area contributed by atoms with Crippen LogP contribution in [0.4, 0.5) is 0 Å². The van der Waals surface area contributed by atoms with Crippen molar-refractivity contribution in [1.82, 2.24) is 0 Å². The third kappa shape index (κ3) is 1.80. The number of nitriles is 1. The highest BCUT2D eigenvalue weighted by atomic mass is 16.3. The number of aryl methyl sites for hydroxylation is 1. The summed E-state index contributed by atoms with van der Waals surface area (Å²) in [7, 11) is 0. The van der Waals surface area contributed by atoms with Gasteiger partial charge in [0.15, 0.2) is 0 Å². The molecule has 1 N–H and O–H groups in total. The molecule has 1 saturated carbocycles. The molecule has 0 radical (unpaired) electrons. The Kier molecular flexibility index (Phi) is 3.34. The first-order valence-corrected chi connectivity index (χ1v) is 7.87. The molecule has 106 valence electrons. The average Bonchev–Trinajstić information content (AvgIpc) is 2.88. The first-order chi connectivity index (χ1) is 9.65. The molecule has 0 aliphatic heterocycles. The van der Waals surface area contributed by atoms with Gasteiger partial charge in [0.25, 0.3) is 0 Å². The first kappa shape index (κ1) is 13.6. The topological polar surface area (TPSA) is 44.0 Å². The average molecular weight is 269 g/mol. The Balaban J connectivity index is 2.04. The third-order valence-electron chi connectivity index (χ3n) is 5.64. The molecule has 2 aliphatic carbocycles. The number of nitrogens with zero attached hydrogens (tertiary/aromatic N) is 1. The molecule has 0 aromatic heterocycles. The summed E-state index contributed by atoms with van der Waals surface area (Å²) in [6.07, 6.45) is 6.59. The van der Waals surface area contributed by atoms with Gasteiger partial charge in [-0.3, -0.25) is 0 Å². The van der Waals surface area contributed by atoms with Gasteiger partial charge in [0.05, 0.1) is 11.7 Å². The predicted octanol–water partition coefficient (Wildman–Crippen LogP) is 3.73. The standard InChI is InChI=1S/C18H23NO/c1-2-14-6-5-10-18(20,12-14)17(13-19)11-9-15-7-3-4-8-16(15)17/h3-4,7-8,14,20H,2,5-6,9-12H2,1H3. The Labute approximate surface area is 121 Å². The summed E-state index contributed by atoms with van der Waals surface area (Å²) >= 11 is 0. The minimum absolute atomic E-state index is 0.562. The smallest absolute Gasteiger partial charge is 0.111 e. The van der Waals surface area contributed by atoms with Crippen molar-refractivity contribution >= 4 is 0 Å². The van der Waals surface area contributed by atoms with Gasteiger partial charge in [0, 0.05) is 0 Å². The second kappa shape index (κ2) is 4.90. The molecule has 20 heavy (non-hydrogen) atoms. The summed E-state index contributed by atoms with van der Waals surface area (Å²) in [5, 5.41) is 21.3. The molecule has 0 spiro atoms. The zero-order chi connectivity index (χ0) is 14.2. The molecule has 0 heterocycles. The van der Waals surface area contributed by atoms with E-state index in [1.165, 1.54) is 12.0 Å². The van der Waals surface area contributed by atoms with Gasteiger partial charge in [-0.15, -0.1) is 0 Å². The first-order valence-electron chi connectivity index (χ1n) is 7.87. The molecule has 3 unspecified atom stereocenters. The highest BCUT2D eigenvalue weighted by molar-refractivity contribution is 5.47. The van der Waals surface area contributed by atoms with E-state index in [9.17, 15) is 10.4 Å². The van der Waals surface area contributed by atoms with Crippen LogP contribution in [0.3, 0.4) is 0 Å². The van der Waals surface area contributed by atoms with Crippen LogP contribution in [0.5, 0.6) is 0 Å². The second-order valence-electron chi connectivity index (χ2n) is 6.58. The van der Waals surface area contributed by atoms with Crippen molar-refractivity contribution < 1.29 is 5.11 Å². The lowest BCUT2D eigenvalue weighted by atomic mass is 9.60. The van der Waals surface area contributed by atoms with E-state index in [1.807, 2.05) is 12.1 Å². The lowest BCUT2D eigenvalue weighted by molar-refractivity contribution is -0.0642. The van der Waals surface area contributed by atoms with E-state index in [0.717, 1.165) is 44.1 Å². The van der Waals surface area contributed by atoms with Gasteiger partial charge in [-0.25, -0.2) is 0 Å². The molecule has 0 bridgehead atoms. The number of hydrogen-bond donors (Lipinski definition) is 1. The van der Waals surface area contributed by atoms with E-state index in [0.29, 0.717) is 5.92 Å². The molecule has 1 fully saturated rings. The molecular weight excluding hydrogens is 246 g/mol. The van der Waals surface area contributed by atoms with Crippen LogP contribution in [-0.4, -0.2) is 10.7 Å². The maximum atomic E-state index is 11.3. The van der Waals surface area contributed by atoms with Crippen molar-refractivity contribution in [2.45, 2.75) is 62.9 Å². The maximum absolute atomic E-state index is 11.3. The molecule has 1 aromatic rings. The van der Waals surface area contributed by atoms with E-state index < -0.39 is 11.0 Å². The summed E-state index contributed by atoms with van der Waals surface area (Å²) in [5.41, 5.74) is 0.813. The molecule has 2 aliphatic rings. The summed E-state index contributed by atoms with van der Waals surface area (Å²) in [5.74, 6) is 0.562. The van der Waals surface area contributed by atoms with Gasteiger partial charge in [0.2, 0.25) is 0 Å². The molecule has 3 rings (SSSR count). The molecular formula is C18H23NO. The number of aliphatic hydroxyl groups is 1. The van der Waals surface area contributed by atoms with Crippen LogP contribution in [0.25, 0.3) is 0 Å². The van der Waals surface area contributed by atoms with Crippen LogP contribution in [0, 0.1) is 17.2 Å². The summed E-state index contributed by atoms with van der Waals surface area (Å²) < 4.78 is 0. The normalized spacial score (nSPS) is 36.4. The van der Waals surface area contributed by atoms with Crippen molar-refractivity contribution in [3.63, 3.8) is 0 Å². The largest absolute Gasteiger partial charge is 0.388 e. The van der Waals surface area contributed by atoms with Crippen LogP contribution in [0.15, 0.2) is 24.3 Å². The number of hydrogen-bond acceptors (Lipinski definition) is 2. The van der Waals surface area contributed by atoms with Gasteiger partial charge in [-0.05, 0) is 42.7 Å². The van der Waals surface area contributed by atoms with Gasteiger partial charge < -0.3 is 5.11 Å². The lowest BCUT2D eigenvalue weighted by Gasteiger charge is -2.46. The maximum Gasteiger partial charge on any atom is 0.111 e.